The number of aliphatic hydroxyl groups is 1. The molecule has 0 aliphatic rings. The van der Waals surface area contributed by atoms with Crippen LogP contribution in [0, 0.1) is 0 Å². The summed E-state index contributed by atoms with van der Waals surface area (Å²) in [5, 5.41) is 10.2. The van der Waals surface area contributed by atoms with Gasteiger partial charge in [-0.05, 0) is 36.8 Å². The highest BCUT2D eigenvalue weighted by atomic mass is 16.5. The second-order valence-electron chi connectivity index (χ2n) is 5.89. The SMILES string of the molecule is CCCCCC(O)c1cccc(CCCCCC(=O)OC)c1. The Bertz CT molecular complexity index is 428. The summed E-state index contributed by atoms with van der Waals surface area (Å²) < 4.78 is 4.63. The van der Waals surface area contributed by atoms with E-state index in [4.69, 9.17) is 0 Å². The van der Waals surface area contributed by atoms with Crippen molar-refractivity contribution in [3.63, 3.8) is 0 Å². The highest BCUT2D eigenvalue weighted by Crippen LogP contribution is 2.21. The number of carbonyl (C=O) groups excluding carboxylic acids is 1. The fraction of sp³-hybridized carbons (Fsp3) is 0.632. The molecule has 3 nitrogen and oxygen atoms in total. The van der Waals surface area contributed by atoms with Gasteiger partial charge in [-0.1, -0.05) is 56.9 Å². The van der Waals surface area contributed by atoms with Crippen molar-refractivity contribution in [2.24, 2.45) is 0 Å². The minimum absolute atomic E-state index is 0.128. The number of benzene rings is 1. The van der Waals surface area contributed by atoms with Gasteiger partial charge >= 0.3 is 5.97 Å². The number of ether oxygens (including phenoxy) is 1. The van der Waals surface area contributed by atoms with Crippen molar-refractivity contribution in [2.75, 3.05) is 7.11 Å². The first-order valence-corrected chi connectivity index (χ1v) is 8.51. The average molecular weight is 306 g/mol. The normalized spacial score (nSPS) is 12.1. The maximum absolute atomic E-state index is 11.0. The lowest BCUT2D eigenvalue weighted by molar-refractivity contribution is -0.140. The number of aliphatic hydroxyl groups excluding tert-OH is 1. The van der Waals surface area contributed by atoms with Crippen LogP contribution in [0.5, 0.6) is 0 Å². The predicted octanol–water partition coefficient (Wildman–Crippen LogP) is 4.58. The summed E-state index contributed by atoms with van der Waals surface area (Å²) in [6, 6.07) is 8.28. The van der Waals surface area contributed by atoms with Crippen LogP contribution in [0.25, 0.3) is 0 Å². The van der Waals surface area contributed by atoms with E-state index < -0.39 is 0 Å². The molecule has 1 N–H and O–H groups in total. The predicted molar refractivity (Wildman–Crippen MR) is 89.7 cm³/mol. The minimum atomic E-state index is -0.342. The highest BCUT2D eigenvalue weighted by Gasteiger charge is 2.07. The van der Waals surface area contributed by atoms with Crippen molar-refractivity contribution < 1.29 is 14.6 Å². The number of rotatable bonds is 11. The van der Waals surface area contributed by atoms with E-state index in [0.29, 0.717) is 6.42 Å². The van der Waals surface area contributed by atoms with E-state index in [2.05, 4.69) is 23.8 Å². The van der Waals surface area contributed by atoms with Crippen LogP contribution in [0.15, 0.2) is 24.3 Å². The number of aryl methyl sites for hydroxylation is 1. The van der Waals surface area contributed by atoms with Crippen LogP contribution in [-0.4, -0.2) is 18.2 Å². The van der Waals surface area contributed by atoms with Gasteiger partial charge in [0.05, 0.1) is 13.2 Å². The van der Waals surface area contributed by atoms with Gasteiger partial charge in [0, 0.05) is 6.42 Å². The Morgan fingerprint density at radius 2 is 2.00 bits per heavy atom. The maximum atomic E-state index is 11.0. The largest absolute Gasteiger partial charge is 0.469 e. The number of unbranched alkanes of at least 4 members (excludes halogenated alkanes) is 4. The molecule has 1 aromatic carbocycles. The Morgan fingerprint density at radius 3 is 2.73 bits per heavy atom. The number of methoxy groups -OCH3 is 1. The molecule has 0 heterocycles. The summed E-state index contributed by atoms with van der Waals surface area (Å²) in [5.74, 6) is -0.128. The summed E-state index contributed by atoms with van der Waals surface area (Å²) in [6.07, 6.45) is 8.41. The third-order valence-corrected chi connectivity index (χ3v) is 3.99. The van der Waals surface area contributed by atoms with Gasteiger partial charge in [0.25, 0.3) is 0 Å². The van der Waals surface area contributed by atoms with Crippen LogP contribution in [0.3, 0.4) is 0 Å². The van der Waals surface area contributed by atoms with E-state index >= 15 is 0 Å². The molecule has 1 atom stereocenters. The van der Waals surface area contributed by atoms with E-state index in [1.807, 2.05) is 12.1 Å². The minimum Gasteiger partial charge on any atom is -0.469 e. The Hall–Kier alpha value is -1.35. The van der Waals surface area contributed by atoms with Crippen LogP contribution < -0.4 is 0 Å². The smallest absolute Gasteiger partial charge is 0.305 e. The molecular weight excluding hydrogens is 276 g/mol. The number of hydrogen-bond donors (Lipinski definition) is 1. The first-order valence-electron chi connectivity index (χ1n) is 8.51. The van der Waals surface area contributed by atoms with Gasteiger partial charge in [-0.15, -0.1) is 0 Å². The standard InChI is InChI=1S/C19H30O3/c1-3-4-6-13-18(20)17-12-9-11-16(15-17)10-7-5-8-14-19(21)22-2/h9,11-12,15,18,20H,3-8,10,13-14H2,1-2H3. The molecule has 0 fully saturated rings. The van der Waals surface area contributed by atoms with Gasteiger partial charge in [-0.25, -0.2) is 0 Å². The van der Waals surface area contributed by atoms with Crippen LogP contribution in [0.2, 0.25) is 0 Å². The van der Waals surface area contributed by atoms with Crippen LogP contribution in [0.1, 0.15) is 75.5 Å². The lowest BCUT2D eigenvalue weighted by atomic mass is 9.99. The Morgan fingerprint density at radius 1 is 1.18 bits per heavy atom. The van der Waals surface area contributed by atoms with Crippen molar-refractivity contribution in [1.82, 2.24) is 0 Å². The Balaban J connectivity index is 2.32. The molecule has 0 aliphatic carbocycles. The second kappa shape index (κ2) is 11.2. The fourth-order valence-electron chi connectivity index (χ4n) is 2.59. The van der Waals surface area contributed by atoms with Gasteiger partial charge in [0.2, 0.25) is 0 Å². The first-order chi connectivity index (χ1) is 10.7. The molecule has 0 aromatic heterocycles. The fourth-order valence-corrected chi connectivity index (χ4v) is 2.59. The van der Waals surface area contributed by atoms with E-state index in [1.165, 1.54) is 25.5 Å². The van der Waals surface area contributed by atoms with Gasteiger partial charge in [0.1, 0.15) is 0 Å². The van der Waals surface area contributed by atoms with Gasteiger partial charge < -0.3 is 9.84 Å². The molecule has 0 saturated carbocycles. The molecule has 0 aliphatic heterocycles. The zero-order valence-electron chi connectivity index (χ0n) is 14.0. The molecule has 22 heavy (non-hydrogen) atoms. The van der Waals surface area contributed by atoms with Crippen molar-refractivity contribution in [2.45, 2.75) is 70.8 Å². The lowest BCUT2D eigenvalue weighted by Crippen LogP contribution is -2.00. The molecule has 124 valence electrons. The number of carbonyl (C=O) groups is 1. The van der Waals surface area contributed by atoms with Crippen molar-refractivity contribution in [3.05, 3.63) is 35.4 Å². The summed E-state index contributed by atoms with van der Waals surface area (Å²) in [7, 11) is 1.43. The number of esters is 1. The Labute approximate surface area is 134 Å². The van der Waals surface area contributed by atoms with Gasteiger partial charge in [-0.3, -0.25) is 4.79 Å². The van der Waals surface area contributed by atoms with Crippen molar-refractivity contribution in [1.29, 1.82) is 0 Å². The zero-order chi connectivity index (χ0) is 16.2. The van der Waals surface area contributed by atoms with E-state index in [0.717, 1.165) is 44.1 Å². The molecular formula is C19H30O3. The second-order valence-corrected chi connectivity index (χ2v) is 5.89. The molecule has 1 aromatic rings. The lowest BCUT2D eigenvalue weighted by Gasteiger charge is -2.12. The summed E-state index contributed by atoms with van der Waals surface area (Å²) in [6.45, 7) is 2.17. The van der Waals surface area contributed by atoms with Crippen molar-refractivity contribution >= 4 is 5.97 Å². The maximum Gasteiger partial charge on any atom is 0.305 e. The average Bonchev–Trinajstić information content (AvgIpc) is 2.54. The molecule has 0 saturated heterocycles. The zero-order valence-corrected chi connectivity index (χ0v) is 14.0. The first kappa shape index (κ1) is 18.7. The highest BCUT2D eigenvalue weighted by molar-refractivity contribution is 5.68. The van der Waals surface area contributed by atoms with Gasteiger partial charge in [0.15, 0.2) is 0 Å². The van der Waals surface area contributed by atoms with E-state index in [-0.39, 0.29) is 12.1 Å². The monoisotopic (exact) mass is 306 g/mol. The van der Waals surface area contributed by atoms with Crippen LogP contribution in [-0.2, 0) is 16.0 Å². The third-order valence-electron chi connectivity index (χ3n) is 3.99. The van der Waals surface area contributed by atoms with Crippen LogP contribution in [0.4, 0.5) is 0 Å². The van der Waals surface area contributed by atoms with Gasteiger partial charge in [-0.2, -0.15) is 0 Å². The van der Waals surface area contributed by atoms with E-state index in [1.54, 1.807) is 0 Å². The summed E-state index contributed by atoms with van der Waals surface area (Å²) in [4.78, 5) is 11.0. The molecule has 0 spiro atoms. The topological polar surface area (TPSA) is 46.5 Å². The van der Waals surface area contributed by atoms with E-state index in [9.17, 15) is 9.90 Å². The van der Waals surface area contributed by atoms with Crippen molar-refractivity contribution in [3.8, 4) is 0 Å². The Kier molecular flexibility index (Phi) is 9.56. The molecule has 0 radical (unpaired) electrons. The third kappa shape index (κ3) is 7.60. The number of hydrogen-bond acceptors (Lipinski definition) is 3. The molecule has 1 unspecified atom stereocenters. The summed E-state index contributed by atoms with van der Waals surface area (Å²) >= 11 is 0. The molecule has 3 heteroatoms. The summed E-state index contributed by atoms with van der Waals surface area (Å²) in [5.41, 5.74) is 2.30. The molecule has 0 amide bonds. The molecule has 0 bridgehead atoms. The van der Waals surface area contributed by atoms with Crippen LogP contribution >= 0.6 is 0 Å². The molecule has 1 rings (SSSR count). The quantitative estimate of drug-likeness (QED) is 0.481.